The molecule has 0 radical (unpaired) electrons. The van der Waals surface area contributed by atoms with Crippen LogP contribution in [0.1, 0.15) is 5.56 Å². The van der Waals surface area contributed by atoms with Gasteiger partial charge in [-0.05, 0) is 29.8 Å². The Hall–Kier alpha value is -1.87. The van der Waals surface area contributed by atoms with Crippen molar-refractivity contribution in [1.29, 1.82) is 0 Å². The van der Waals surface area contributed by atoms with E-state index < -0.39 is 12.0 Å². The van der Waals surface area contributed by atoms with Gasteiger partial charge in [-0.15, -0.1) is 0 Å². The second kappa shape index (κ2) is 4.97. The summed E-state index contributed by atoms with van der Waals surface area (Å²) in [6.45, 7) is 0. The van der Waals surface area contributed by atoms with Gasteiger partial charge in [0.1, 0.15) is 6.04 Å². The maximum absolute atomic E-state index is 10.9. The summed E-state index contributed by atoms with van der Waals surface area (Å²) in [4.78, 5) is 10.9. The van der Waals surface area contributed by atoms with E-state index in [2.05, 4.69) is 5.32 Å². The normalized spacial score (nSPS) is 12.5. The first-order chi connectivity index (χ1) is 8.20. The molecule has 0 aromatic heterocycles. The van der Waals surface area contributed by atoms with Gasteiger partial charge in [0.25, 0.3) is 0 Å². The van der Waals surface area contributed by atoms with Crippen molar-refractivity contribution in [2.45, 2.75) is 12.5 Å². The molecule has 0 spiro atoms. The number of hydrogen-bond acceptors (Lipinski definition) is 2. The zero-order chi connectivity index (χ0) is 12.3. The van der Waals surface area contributed by atoms with Gasteiger partial charge in [0.05, 0.1) is 0 Å². The third kappa shape index (κ3) is 2.63. The maximum atomic E-state index is 10.9. The molecule has 2 rings (SSSR count). The molecule has 3 nitrogen and oxygen atoms in total. The summed E-state index contributed by atoms with van der Waals surface area (Å²) in [5.74, 6) is -0.819. The van der Waals surface area contributed by atoms with Crippen LogP contribution in [0.4, 0.5) is 0 Å². The second-order valence-electron chi connectivity index (χ2n) is 4.07. The number of rotatable bonds is 4. The van der Waals surface area contributed by atoms with Crippen molar-refractivity contribution < 1.29 is 9.90 Å². The van der Waals surface area contributed by atoms with Crippen molar-refractivity contribution in [1.82, 2.24) is 5.32 Å². The van der Waals surface area contributed by atoms with Gasteiger partial charge in [0, 0.05) is 0 Å². The Morgan fingerprint density at radius 1 is 1.24 bits per heavy atom. The van der Waals surface area contributed by atoms with Crippen LogP contribution >= 0.6 is 0 Å². The smallest absolute Gasteiger partial charge is 0.321 e. The standard InChI is InChI=1S/C14H15NO2/c1-15-13(14(16)17)9-10-6-7-11-4-2-3-5-12(11)8-10/h2-8,13,15H,9H2,1H3,(H,16,17)/t13-/m1/s1. The van der Waals surface area contributed by atoms with Crippen LogP contribution in [0.5, 0.6) is 0 Å². The minimum Gasteiger partial charge on any atom is -0.480 e. The first kappa shape index (κ1) is 11.6. The molecule has 0 saturated carbocycles. The van der Waals surface area contributed by atoms with E-state index in [1.54, 1.807) is 7.05 Å². The van der Waals surface area contributed by atoms with E-state index in [1.165, 1.54) is 5.39 Å². The van der Waals surface area contributed by atoms with Crippen molar-refractivity contribution in [2.24, 2.45) is 0 Å². The number of aliphatic carboxylic acids is 1. The van der Waals surface area contributed by atoms with Crippen molar-refractivity contribution in [3.63, 3.8) is 0 Å². The molecular formula is C14H15NO2. The molecule has 0 heterocycles. The van der Waals surface area contributed by atoms with Crippen molar-refractivity contribution >= 4 is 16.7 Å². The molecule has 0 aliphatic rings. The lowest BCUT2D eigenvalue weighted by atomic mass is 10.0. The largest absolute Gasteiger partial charge is 0.480 e. The van der Waals surface area contributed by atoms with Crippen molar-refractivity contribution in [2.75, 3.05) is 7.05 Å². The number of likely N-dealkylation sites (N-methyl/N-ethyl adjacent to an activating group) is 1. The Balaban J connectivity index is 2.27. The Bertz CT molecular complexity index is 536. The van der Waals surface area contributed by atoms with Crippen LogP contribution in [0.25, 0.3) is 10.8 Å². The molecule has 0 fully saturated rings. The highest BCUT2D eigenvalue weighted by Crippen LogP contribution is 2.16. The fraction of sp³-hybridized carbons (Fsp3) is 0.214. The third-order valence-electron chi connectivity index (χ3n) is 2.90. The molecule has 3 heteroatoms. The number of nitrogens with one attached hydrogen (secondary N) is 1. The zero-order valence-electron chi connectivity index (χ0n) is 9.68. The lowest BCUT2D eigenvalue weighted by molar-refractivity contribution is -0.139. The van der Waals surface area contributed by atoms with Gasteiger partial charge in [-0.1, -0.05) is 42.5 Å². The number of benzene rings is 2. The average molecular weight is 229 g/mol. The SMILES string of the molecule is CN[C@H](Cc1ccc2ccccc2c1)C(=O)O. The van der Waals surface area contributed by atoms with Crippen LogP contribution in [0, 0.1) is 0 Å². The van der Waals surface area contributed by atoms with Crippen LogP contribution in [0.2, 0.25) is 0 Å². The van der Waals surface area contributed by atoms with E-state index >= 15 is 0 Å². The summed E-state index contributed by atoms with van der Waals surface area (Å²) >= 11 is 0. The van der Waals surface area contributed by atoms with Crippen LogP contribution in [-0.2, 0) is 11.2 Å². The molecule has 1 atom stereocenters. The molecule has 88 valence electrons. The third-order valence-corrected chi connectivity index (χ3v) is 2.90. The highest BCUT2D eigenvalue weighted by molar-refractivity contribution is 5.83. The Labute approximate surface area is 100 Å². The predicted molar refractivity (Wildman–Crippen MR) is 68.1 cm³/mol. The fourth-order valence-corrected chi connectivity index (χ4v) is 1.91. The topological polar surface area (TPSA) is 49.3 Å². The van der Waals surface area contributed by atoms with E-state index in [0.29, 0.717) is 6.42 Å². The first-order valence-electron chi connectivity index (χ1n) is 5.58. The van der Waals surface area contributed by atoms with Crippen molar-refractivity contribution in [3.05, 3.63) is 48.0 Å². The van der Waals surface area contributed by atoms with E-state index in [9.17, 15) is 4.79 Å². The Kier molecular flexibility index (Phi) is 3.40. The van der Waals surface area contributed by atoms with E-state index in [0.717, 1.165) is 10.9 Å². The van der Waals surface area contributed by atoms with Crippen LogP contribution in [0.15, 0.2) is 42.5 Å². The lowest BCUT2D eigenvalue weighted by Crippen LogP contribution is -2.35. The molecule has 0 saturated heterocycles. The Morgan fingerprint density at radius 2 is 1.94 bits per heavy atom. The average Bonchev–Trinajstić information content (AvgIpc) is 2.35. The summed E-state index contributed by atoms with van der Waals surface area (Å²) in [7, 11) is 1.67. The summed E-state index contributed by atoms with van der Waals surface area (Å²) in [5, 5.41) is 14.1. The van der Waals surface area contributed by atoms with Gasteiger partial charge in [-0.2, -0.15) is 0 Å². The van der Waals surface area contributed by atoms with Gasteiger partial charge in [0.2, 0.25) is 0 Å². The van der Waals surface area contributed by atoms with Crippen LogP contribution < -0.4 is 5.32 Å². The van der Waals surface area contributed by atoms with Gasteiger partial charge in [-0.25, -0.2) is 0 Å². The lowest BCUT2D eigenvalue weighted by Gasteiger charge is -2.11. The highest BCUT2D eigenvalue weighted by atomic mass is 16.4. The minimum absolute atomic E-state index is 0.497. The molecule has 0 aliphatic carbocycles. The summed E-state index contributed by atoms with van der Waals surface area (Å²) in [6.07, 6.45) is 0.497. The van der Waals surface area contributed by atoms with Crippen LogP contribution in [0.3, 0.4) is 0 Å². The number of carboxylic acid groups (broad SMARTS) is 1. The first-order valence-corrected chi connectivity index (χ1v) is 5.58. The summed E-state index contributed by atoms with van der Waals surface area (Å²) < 4.78 is 0. The number of carboxylic acids is 1. The minimum atomic E-state index is -0.819. The molecule has 0 amide bonds. The fourth-order valence-electron chi connectivity index (χ4n) is 1.91. The molecular weight excluding hydrogens is 214 g/mol. The quantitative estimate of drug-likeness (QED) is 0.843. The number of carbonyl (C=O) groups is 1. The maximum Gasteiger partial charge on any atom is 0.321 e. The molecule has 17 heavy (non-hydrogen) atoms. The van der Waals surface area contributed by atoms with E-state index in [4.69, 9.17) is 5.11 Å². The Morgan fingerprint density at radius 3 is 2.59 bits per heavy atom. The van der Waals surface area contributed by atoms with Gasteiger partial charge >= 0.3 is 5.97 Å². The molecule has 0 aliphatic heterocycles. The summed E-state index contributed by atoms with van der Waals surface area (Å²) in [6, 6.07) is 13.6. The molecule has 2 N–H and O–H groups in total. The molecule has 0 unspecified atom stereocenters. The monoisotopic (exact) mass is 229 g/mol. The summed E-state index contributed by atoms with van der Waals surface area (Å²) in [5.41, 5.74) is 1.03. The van der Waals surface area contributed by atoms with E-state index in [1.807, 2.05) is 42.5 Å². The number of fused-ring (bicyclic) bond motifs is 1. The molecule has 0 bridgehead atoms. The van der Waals surface area contributed by atoms with E-state index in [-0.39, 0.29) is 0 Å². The zero-order valence-corrected chi connectivity index (χ0v) is 9.68. The predicted octanol–water partition coefficient (Wildman–Crippen LogP) is 2.05. The van der Waals surface area contributed by atoms with Gasteiger partial charge in [-0.3, -0.25) is 4.79 Å². The second-order valence-corrected chi connectivity index (χ2v) is 4.07. The van der Waals surface area contributed by atoms with Crippen LogP contribution in [-0.4, -0.2) is 24.2 Å². The molecule has 2 aromatic rings. The van der Waals surface area contributed by atoms with Gasteiger partial charge in [0.15, 0.2) is 0 Å². The van der Waals surface area contributed by atoms with Crippen molar-refractivity contribution in [3.8, 4) is 0 Å². The molecule has 2 aromatic carbocycles. The number of hydrogen-bond donors (Lipinski definition) is 2. The van der Waals surface area contributed by atoms with Gasteiger partial charge < -0.3 is 10.4 Å². The highest BCUT2D eigenvalue weighted by Gasteiger charge is 2.15.